The van der Waals surface area contributed by atoms with Gasteiger partial charge >= 0.3 is 5.97 Å². The van der Waals surface area contributed by atoms with Crippen LogP contribution in [-0.4, -0.2) is 36.3 Å². The lowest BCUT2D eigenvalue weighted by Gasteiger charge is -2.36. The number of nitrogens with zero attached hydrogens (tertiary/aromatic N) is 2. The lowest BCUT2D eigenvalue weighted by Crippen LogP contribution is -2.36. The maximum absolute atomic E-state index is 11.9. The second-order valence-corrected chi connectivity index (χ2v) is 6.04. The molecule has 1 saturated heterocycles. The van der Waals surface area contributed by atoms with Crippen LogP contribution >= 0.6 is 0 Å². The first-order valence-electron chi connectivity index (χ1n) is 8.22. The van der Waals surface area contributed by atoms with Crippen LogP contribution in [0.1, 0.15) is 35.0 Å². The van der Waals surface area contributed by atoms with Gasteiger partial charge in [-0.25, -0.2) is 9.78 Å². The van der Waals surface area contributed by atoms with Crippen LogP contribution in [0.5, 0.6) is 0 Å². The number of rotatable bonds is 4. The Balaban J connectivity index is 1.69. The van der Waals surface area contributed by atoms with Crippen LogP contribution in [0.25, 0.3) is 0 Å². The molecule has 0 aliphatic carbocycles. The number of anilines is 1. The third-order valence-electron chi connectivity index (χ3n) is 4.63. The highest BCUT2D eigenvalue weighted by Gasteiger charge is 2.28. The lowest BCUT2D eigenvalue weighted by atomic mass is 9.87. The maximum Gasteiger partial charge on any atom is 0.358 e. The van der Waals surface area contributed by atoms with E-state index in [1.807, 2.05) is 42.5 Å². The van der Waals surface area contributed by atoms with Crippen LogP contribution in [0.2, 0.25) is 0 Å². The molecule has 2 aromatic rings. The number of methoxy groups -OCH3 is 1. The maximum atomic E-state index is 11.9. The molecule has 24 heavy (non-hydrogen) atoms. The number of aliphatic hydroxyl groups excluding tert-OH is 1. The highest BCUT2D eigenvalue weighted by molar-refractivity contribution is 5.93. The number of carbonyl (C=O) groups excluding carboxylic acids is 1. The number of ether oxygens (including phenoxy) is 1. The second kappa shape index (κ2) is 7.45. The van der Waals surface area contributed by atoms with Crippen LogP contribution in [-0.2, 0) is 4.74 Å². The minimum atomic E-state index is -0.442. The Labute approximate surface area is 141 Å². The van der Waals surface area contributed by atoms with Crippen molar-refractivity contribution in [2.24, 2.45) is 5.92 Å². The minimum absolute atomic E-state index is 0.224. The first kappa shape index (κ1) is 16.5. The molecule has 1 fully saturated rings. The zero-order chi connectivity index (χ0) is 16.9. The fourth-order valence-electron chi connectivity index (χ4n) is 3.28. The summed E-state index contributed by atoms with van der Waals surface area (Å²) in [5, 5.41) is 10.6. The van der Waals surface area contributed by atoms with E-state index >= 15 is 0 Å². The van der Waals surface area contributed by atoms with E-state index < -0.39 is 12.1 Å². The molecule has 0 bridgehead atoms. The van der Waals surface area contributed by atoms with Crippen molar-refractivity contribution in [3.63, 3.8) is 0 Å². The van der Waals surface area contributed by atoms with E-state index in [9.17, 15) is 9.90 Å². The Morgan fingerprint density at radius 2 is 1.92 bits per heavy atom. The number of benzene rings is 1. The Hall–Kier alpha value is -2.40. The molecule has 5 nitrogen and oxygen atoms in total. The van der Waals surface area contributed by atoms with Crippen LogP contribution < -0.4 is 4.90 Å². The summed E-state index contributed by atoms with van der Waals surface area (Å²) in [4.78, 5) is 18.2. The number of piperidine rings is 1. The van der Waals surface area contributed by atoms with Crippen LogP contribution in [0.4, 0.5) is 5.69 Å². The molecule has 1 aliphatic rings. The van der Waals surface area contributed by atoms with Crippen LogP contribution in [0, 0.1) is 5.92 Å². The average molecular weight is 326 g/mol. The van der Waals surface area contributed by atoms with Crippen molar-refractivity contribution in [1.82, 2.24) is 4.98 Å². The summed E-state index contributed by atoms with van der Waals surface area (Å²) in [6.07, 6.45) is 2.89. The standard InChI is InChI=1S/C19H22N2O3/c1-24-19(23)17-16(8-5-11-20-17)21-12-9-15(10-13-21)18(22)14-6-3-2-4-7-14/h2-8,11,15,18,22H,9-10,12-13H2,1H3/t18-/m0/s1. The van der Waals surface area contributed by atoms with E-state index in [0.29, 0.717) is 5.69 Å². The van der Waals surface area contributed by atoms with Crippen molar-refractivity contribution in [1.29, 1.82) is 0 Å². The fourth-order valence-corrected chi connectivity index (χ4v) is 3.28. The largest absolute Gasteiger partial charge is 0.464 e. The summed E-state index contributed by atoms with van der Waals surface area (Å²) < 4.78 is 4.82. The van der Waals surface area contributed by atoms with Gasteiger partial charge in [0.1, 0.15) is 0 Å². The zero-order valence-electron chi connectivity index (χ0n) is 13.8. The van der Waals surface area contributed by atoms with E-state index in [-0.39, 0.29) is 5.92 Å². The third kappa shape index (κ3) is 3.41. The topological polar surface area (TPSA) is 62.7 Å². The third-order valence-corrected chi connectivity index (χ3v) is 4.63. The van der Waals surface area contributed by atoms with E-state index in [2.05, 4.69) is 9.88 Å². The van der Waals surface area contributed by atoms with E-state index in [1.54, 1.807) is 6.20 Å². The van der Waals surface area contributed by atoms with Crippen molar-refractivity contribution in [2.75, 3.05) is 25.1 Å². The van der Waals surface area contributed by atoms with Gasteiger partial charge in [0, 0.05) is 19.3 Å². The van der Waals surface area contributed by atoms with Crippen LogP contribution in [0.15, 0.2) is 48.7 Å². The van der Waals surface area contributed by atoms with Gasteiger partial charge in [-0.05, 0) is 36.5 Å². The SMILES string of the molecule is COC(=O)c1ncccc1N1CCC([C@@H](O)c2ccccc2)CC1. The summed E-state index contributed by atoms with van der Waals surface area (Å²) in [5.41, 5.74) is 2.12. The van der Waals surface area contributed by atoms with Crippen molar-refractivity contribution in [3.05, 3.63) is 59.9 Å². The molecular weight excluding hydrogens is 304 g/mol. The molecule has 5 heteroatoms. The number of aliphatic hydroxyl groups is 1. The van der Waals surface area contributed by atoms with Gasteiger partial charge in [-0.15, -0.1) is 0 Å². The van der Waals surface area contributed by atoms with Gasteiger partial charge in [-0.2, -0.15) is 0 Å². The zero-order valence-corrected chi connectivity index (χ0v) is 13.8. The quantitative estimate of drug-likeness (QED) is 0.876. The molecule has 1 aromatic heterocycles. The first-order valence-corrected chi connectivity index (χ1v) is 8.22. The fraction of sp³-hybridized carbons (Fsp3) is 0.368. The molecule has 0 amide bonds. The van der Waals surface area contributed by atoms with Gasteiger partial charge in [-0.1, -0.05) is 30.3 Å². The van der Waals surface area contributed by atoms with Gasteiger partial charge in [0.05, 0.1) is 18.9 Å². The van der Waals surface area contributed by atoms with Crippen molar-refractivity contribution in [3.8, 4) is 0 Å². The average Bonchev–Trinajstić information content (AvgIpc) is 2.67. The molecular formula is C19H22N2O3. The second-order valence-electron chi connectivity index (χ2n) is 6.04. The Bertz CT molecular complexity index is 682. The molecule has 1 aromatic carbocycles. The number of pyridine rings is 1. The molecule has 0 spiro atoms. The van der Waals surface area contributed by atoms with Crippen molar-refractivity contribution in [2.45, 2.75) is 18.9 Å². The lowest BCUT2D eigenvalue weighted by molar-refractivity contribution is 0.0594. The van der Waals surface area contributed by atoms with Crippen molar-refractivity contribution < 1.29 is 14.6 Å². The smallest absolute Gasteiger partial charge is 0.358 e. The molecule has 3 rings (SSSR count). The monoisotopic (exact) mass is 326 g/mol. The van der Waals surface area contributed by atoms with Gasteiger partial charge in [-0.3, -0.25) is 0 Å². The summed E-state index contributed by atoms with van der Waals surface area (Å²) in [6, 6.07) is 13.5. The summed E-state index contributed by atoms with van der Waals surface area (Å²) in [5.74, 6) is -0.195. The normalized spacial score (nSPS) is 16.7. The predicted octanol–water partition coefficient (Wildman–Crippen LogP) is 2.82. The number of hydrogen-bond donors (Lipinski definition) is 1. The summed E-state index contributed by atoms with van der Waals surface area (Å²) in [7, 11) is 1.36. The number of aromatic nitrogens is 1. The number of carbonyl (C=O) groups is 1. The van der Waals surface area contributed by atoms with Crippen LogP contribution in [0.3, 0.4) is 0 Å². The van der Waals surface area contributed by atoms with Crippen molar-refractivity contribution >= 4 is 11.7 Å². The molecule has 2 heterocycles. The van der Waals surface area contributed by atoms with E-state index in [1.165, 1.54) is 7.11 Å². The molecule has 1 N–H and O–H groups in total. The summed E-state index contributed by atoms with van der Waals surface area (Å²) >= 11 is 0. The van der Waals surface area contributed by atoms with E-state index in [0.717, 1.165) is 37.2 Å². The molecule has 1 aliphatic heterocycles. The number of hydrogen-bond acceptors (Lipinski definition) is 5. The highest BCUT2D eigenvalue weighted by Crippen LogP contribution is 2.33. The predicted molar refractivity (Wildman–Crippen MR) is 91.9 cm³/mol. The highest BCUT2D eigenvalue weighted by atomic mass is 16.5. The Morgan fingerprint density at radius 1 is 1.21 bits per heavy atom. The Kier molecular flexibility index (Phi) is 5.11. The van der Waals surface area contributed by atoms with E-state index in [4.69, 9.17) is 4.74 Å². The Morgan fingerprint density at radius 3 is 2.58 bits per heavy atom. The first-order chi connectivity index (χ1) is 11.7. The van der Waals surface area contributed by atoms with Gasteiger partial charge in [0.15, 0.2) is 5.69 Å². The molecule has 0 radical (unpaired) electrons. The minimum Gasteiger partial charge on any atom is -0.464 e. The van der Waals surface area contributed by atoms with Gasteiger partial charge in [0.2, 0.25) is 0 Å². The molecule has 0 saturated carbocycles. The molecule has 0 unspecified atom stereocenters. The number of esters is 1. The summed E-state index contributed by atoms with van der Waals surface area (Å²) in [6.45, 7) is 1.56. The van der Waals surface area contributed by atoms with Gasteiger partial charge in [0.25, 0.3) is 0 Å². The molecule has 1 atom stereocenters. The van der Waals surface area contributed by atoms with Gasteiger partial charge < -0.3 is 14.7 Å². The molecule has 126 valence electrons.